The summed E-state index contributed by atoms with van der Waals surface area (Å²) in [5.41, 5.74) is 0.281. The Morgan fingerprint density at radius 1 is 0.893 bits per heavy atom. The van der Waals surface area contributed by atoms with E-state index >= 15 is 0 Å². The molecule has 0 unspecified atom stereocenters. The van der Waals surface area contributed by atoms with Gasteiger partial charge in [0.1, 0.15) is 11.4 Å². The number of benzene rings is 3. The lowest BCUT2D eigenvalue weighted by Gasteiger charge is -2.22. The van der Waals surface area contributed by atoms with Crippen molar-refractivity contribution in [1.29, 1.82) is 0 Å². The number of rotatable bonds is 2. The molecule has 0 aliphatic rings. The number of hydrogen-bond donors (Lipinski definition) is 2. The summed E-state index contributed by atoms with van der Waals surface area (Å²) in [5.74, 6) is -0.0849. The Labute approximate surface area is 161 Å². The average molecular weight is 375 g/mol. The lowest BCUT2D eigenvalue weighted by atomic mass is 9.86. The maximum Gasteiger partial charge on any atom is 0.356 e. The van der Waals surface area contributed by atoms with E-state index < -0.39 is 11.4 Å². The highest BCUT2D eigenvalue weighted by atomic mass is 16.3. The molecule has 0 radical (unpaired) electrons. The van der Waals surface area contributed by atoms with Crippen LogP contribution >= 0.6 is 0 Å². The zero-order valence-corrected chi connectivity index (χ0v) is 15.9. The number of nitrogens with one attached hydrogen (secondary N) is 1. The van der Waals surface area contributed by atoms with Crippen LogP contribution in [0.5, 0.6) is 5.75 Å². The van der Waals surface area contributed by atoms with Crippen LogP contribution in [0.4, 0.5) is 0 Å². The molecule has 0 amide bonds. The predicted molar refractivity (Wildman–Crippen MR) is 110 cm³/mol. The molecule has 1 aromatic heterocycles. The third kappa shape index (κ3) is 2.74. The van der Waals surface area contributed by atoms with Gasteiger partial charge in [-0.05, 0) is 28.5 Å². The number of para-hydroxylation sites is 1. The van der Waals surface area contributed by atoms with Crippen LogP contribution in [0.3, 0.4) is 0 Å². The zero-order valence-electron chi connectivity index (χ0n) is 15.9. The van der Waals surface area contributed by atoms with E-state index in [0.717, 1.165) is 20.2 Å². The summed E-state index contributed by atoms with van der Waals surface area (Å²) in [6.07, 6.45) is 0. The maximum absolute atomic E-state index is 13.2. The highest BCUT2D eigenvalue weighted by Crippen LogP contribution is 2.30. The van der Waals surface area contributed by atoms with Gasteiger partial charge in [-0.2, -0.15) is 4.68 Å². The first kappa shape index (κ1) is 17.9. The smallest absolute Gasteiger partial charge is 0.356 e. The summed E-state index contributed by atoms with van der Waals surface area (Å²) in [7, 11) is 0. The molecular weight excluding hydrogens is 354 g/mol. The van der Waals surface area contributed by atoms with Crippen molar-refractivity contribution in [2.45, 2.75) is 26.2 Å². The second-order valence-corrected chi connectivity index (χ2v) is 7.79. The van der Waals surface area contributed by atoms with Gasteiger partial charge < -0.3 is 5.11 Å². The van der Waals surface area contributed by atoms with Crippen LogP contribution in [0.1, 0.15) is 26.3 Å². The van der Waals surface area contributed by atoms with E-state index in [2.05, 4.69) is 5.10 Å². The Morgan fingerprint density at radius 2 is 1.57 bits per heavy atom. The quantitative estimate of drug-likeness (QED) is 0.563. The second-order valence-electron chi connectivity index (χ2n) is 7.79. The van der Waals surface area contributed by atoms with Crippen LogP contribution < -0.4 is 11.4 Å². The molecule has 6 heteroatoms. The molecule has 0 atom stereocenters. The molecule has 4 aromatic rings. The van der Waals surface area contributed by atoms with E-state index in [1.165, 1.54) is 6.07 Å². The van der Waals surface area contributed by atoms with E-state index in [-0.39, 0.29) is 16.9 Å². The molecule has 0 fully saturated rings. The first-order valence-electron chi connectivity index (χ1n) is 9.04. The molecule has 0 saturated carbocycles. The normalized spacial score (nSPS) is 11.8. The van der Waals surface area contributed by atoms with E-state index in [4.69, 9.17) is 0 Å². The number of aromatic nitrogens is 3. The van der Waals surface area contributed by atoms with E-state index in [9.17, 15) is 14.7 Å². The summed E-state index contributed by atoms with van der Waals surface area (Å²) in [6, 6.07) is 18.0. The molecule has 1 heterocycles. The van der Waals surface area contributed by atoms with Crippen LogP contribution in [0.2, 0.25) is 0 Å². The van der Waals surface area contributed by atoms with Crippen molar-refractivity contribution in [3.63, 3.8) is 0 Å². The number of H-pyrrole nitrogens is 1. The van der Waals surface area contributed by atoms with Crippen molar-refractivity contribution in [3.05, 3.63) is 87.2 Å². The zero-order chi connectivity index (χ0) is 20.1. The third-order valence-corrected chi connectivity index (χ3v) is 4.85. The fourth-order valence-electron chi connectivity index (χ4n) is 3.53. The molecule has 0 aliphatic carbocycles. The summed E-state index contributed by atoms with van der Waals surface area (Å²) < 4.78 is 2.22. The Balaban J connectivity index is 2.04. The maximum atomic E-state index is 13.2. The van der Waals surface area contributed by atoms with Gasteiger partial charge >= 0.3 is 11.4 Å². The monoisotopic (exact) mass is 375 g/mol. The molecule has 28 heavy (non-hydrogen) atoms. The second kappa shape index (κ2) is 6.27. The lowest BCUT2D eigenvalue weighted by Crippen LogP contribution is -2.29. The summed E-state index contributed by atoms with van der Waals surface area (Å²) in [5, 5.41) is 14.6. The fourth-order valence-corrected chi connectivity index (χ4v) is 3.53. The van der Waals surface area contributed by atoms with Gasteiger partial charge in [-0.1, -0.05) is 69.3 Å². The molecule has 0 aliphatic heterocycles. The minimum atomic E-state index is -0.562. The molecule has 6 nitrogen and oxygen atoms in total. The molecule has 3 aromatic carbocycles. The first-order chi connectivity index (χ1) is 13.3. The first-order valence-corrected chi connectivity index (χ1v) is 9.04. The SMILES string of the molecule is CC(C)(C)c1ccccc1-n1c(=O)[nH]n(-c2c(O)ccc3ccccc23)c1=O. The van der Waals surface area contributed by atoms with Gasteiger partial charge in [0, 0.05) is 5.39 Å². The Bertz CT molecular complexity index is 1300. The number of nitrogens with zero attached hydrogens (tertiary/aromatic N) is 2. The molecular formula is C22H21N3O3. The highest BCUT2D eigenvalue weighted by Gasteiger charge is 2.23. The van der Waals surface area contributed by atoms with Crippen LogP contribution in [0, 0.1) is 0 Å². The summed E-state index contributed by atoms with van der Waals surface area (Å²) >= 11 is 0. The molecule has 4 rings (SSSR count). The molecule has 2 N–H and O–H groups in total. The van der Waals surface area contributed by atoms with Gasteiger partial charge in [-0.3, -0.25) is 0 Å². The summed E-state index contributed by atoms with van der Waals surface area (Å²) in [4.78, 5) is 26.0. The van der Waals surface area contributed by atoms with E-state index in [1.807, 2.05) is 51.1 Å². The number of phenolic OH excluding ortho intramolecular Hbond substituents is 1. The molecule has 142 valence electrons. The lowest BCUT2D eigenvalue weighted by molar-refractivity contribution is 0.470. The van der Waals surface area contributed by atoms with Crippen molar-refractivity contribution in [1.82, 2.24) is 14.3 Å². The molecule has 0 bridgehead atoms. The van der Waals surface area contributed by atoms with Gasteiger partial charge in [0.15, 0.2) is 0 Å². The van der Waals surface area contributed by atoms with Crippen molar-refractivity contribution in [3.8, 4) is 17.1 Å². The Morgan fingerprint density at radius 3 is 2.32 bits per heavy atom. The van der Waals surface area contributed by atoms with Crippen molar-refractivity contribution >= 4 is 10.8 Å². The van der Waals surface area contributed by atoms with E-state index in [1.54, 1.807) is 24.3 Å². The summed E-state index contributed by atoms with van der Waals surface area (Å²) in [6.45, 7) is 6.08. The third-order valence-electron chi connectivity index (χ3n) is 4.85. The number of hydrogen-bond acceptors (Lipinski definition) is 3. The van der Waals surface area contributed by atoms with Crippen LogP contribution in [0.15, 0.2) is 70.3 Å². The average Bonchev–Trinajstić information content (AvgIpc) is 2.95. The van der Waals surface area contributed by atoms with Gasteiger partial charge in [0.25, 0.3) is 0 Å². The minimum Gasteiger partial charge on any atom is -0.506 e. The van der Waals surface area contributed by atoms with Gasteiger partial charge in [-0.25, -0.2) is 19.3 Å². The largest absolute Gasteiger partial charge is 0.506 e. The number of aromatic amines is 1. The standard InChI is InChI=1S/C22H21N3O3/c1-22(2,3)16-10-6-7-11-17(16)24-20(27)23-25(21(24)28)19-15-9-5-4-8-14(15)12-13-18(19)26/h4-13,26H,1-3H3,(H,23,27). The van der Waals surface area contributed by atoms with Crippen LogP contribution in [-0.2, 0) is 5.41 Å². The van der Waals surface area contributed by atoms with Crippen molar-refractivity contribution < 1.29 is 5.11 Å². The van der Waals surface area contributed by atoms with Crippen LogP contribution in [-0.4, -0.2) is 19.5 Å². The number of fused-ring (bicyclic) bond motifs is 1. The highest BCUT2D eigenvalue weighted by molar-refractivity contribution is 5.92. The Kier molecular flexibility index (Phi) is 4.00. The number of aromatic hydroxyl groups is 1. The van der Waals surface area contributed by atoms with Gasteiger partial charge in [0.05, 0.1) is 5.69 Å². The predicted octanol–water partition coefficient (Wildman–Crippen LogP) is 3.47. The van der Waals surface area contributed by atoms with Crippen molar-refractivity contribution in [2.24, 2.45) is 0 Å². The van der Waals surface area contributed by atoms with E-state index in [0.29, 0.717) is 11.1 Å². The van der Waals surface area contributed by atoms with Crippen LogP contribution in [0.25, 0.3) is 22.1 Å². The Hall–Kier alpha value is -3.54. The fraction of sp³-hybridized carbons (Fsp3) is 0.182. The molecule has 0 saturated heterocycles. The van der Waals surface area contributed by atoms with Gasteiger partial charge in [-0.15, -0.1) is 0 Å². The topological polar surface area (TPSA) is 80.0 Å². The minimum absolute atomic E-state index is 0.0849. The number of phenols is 1. The molecule has 0 spiro atoms. The van der Waals surface area contributed by atoms with Gasteiger partial charge in [0.2, 0.25) is 0 Å². The van der Waals surface area contributed by atoms with Crippen molar-refractivity contribution in [2.75, 3.05) is 0 Å².